The van der Waals surface area contributed by atoms with Gasteiger partial charge in [-0.05, 0) is 43.7 Å². The number of rotatable bonds is 8. The molecular weight excluding hydrogens is 246 g/mol. The number of nitrogens with zero attached hydrogens (tertiary/aromatic N) is 2. The lowest BCUT2D eigenvalue weighted by Gasteiger charge is -2.21. The number of unbranched alkanes of at least 4 members (excludes halogenated alkanes) is 1. The van der Waals surface area contributed by atoms with Gasteiger partial charge in [-0.2, -0.15) is 0 Å². The van der Waals surface area contributed by atoms with Crippen LogP contribution in [0.2, 0.25) is 0 Å². The van der Waals surface area contributed by atoms with E-state index in [0.717, 1.165) is 32.0 Å². The van der Waals surface area contributed by atoms with Gasteiger partial charge in [0.25, 0.3) is 0 Å². The molecule has 2 rings (SSSR count). The number of hydrogen-bond acceptors (Lipinski definition) is 4. The van der Waals surface area contributed by atoms with Crippen molar-refractivity contribution in [3.63, 3.8) is 0 Å². The Balaban J connectivity index is 1.70. The Hall–Kier alpha value is -1.07. The molecule has 1 aromatic heterocycles. The van der Waals surface area contributed by atoms with Gasteiger partial charge in [0.1, 0.15) is 5.84 Å². The van der Waals surface area contributed by atoms with Gasteiger partial charge in [-0.25, -0.2) is 0 Å². The van der Waals surface area contributed by atoms with E-state index in [0.29, 0.717) is 12.3 Å². The van der Waals surface area contributed by atoms with Gasteiger partial charge in [0.05, 0.1) is 0 Å². The maximum absolute atomic E-state index is 8.47. The first-order chi connectivity index (χ1) is 8.79. The highest BCUT2D eigenvalue weighted by molar-refractivity contribution is 7.09. The molecule has 0 spiro atoms. The summed E-state index contributed by atoms with van der Waals surface area (Å²) in [7, 11) is 0. The Bertz CT molecular complexity index is 374. The molecule has 1 saturated carbocycles. The molecule has 18 heavy (non-hydrogen) atoms. The van der Waals surface area contributed by atoms with E-state index < -0.39 is 0 Å². The molecule has 1 aliphatic carbocycles. The molecule has 0 unspecified atom stereocenters. The number of oxime groups is 1. The summed E-state index contributed by atoms with van der Waals surface area (Å²) in [6.07, 6.45) is 5.47. The Labute approximate surface area is 112 Å². The highest BCUT2D eigenvalue weighted by Crippen LogP contribution is 2.29. The van der Waals surface area contributed by atoms with Crippen molar-refractivity contribution in [2.75, 3.05) is 6.54 Å². The molecule has 0 aromatic carbocycles. The third-order valence-corrected chi connectivity index (χ3v) is 4.12. The summed E-state index contributed by atoms with van der Waals surface area (Å²) in [6, 6.07) is 5.11. The summed E-state index contributed by atoms with van der Waals surface area (Å²) in [5.41, 5.74) is 5.46. The molecule has 0 bridgehead atoms. The van der Waals surface area contributed by atoms with Crippen molar-refractivity contribution in [1.82, 2.24) is 4.90 Å². The fourth-order valence-electron chi connectivity index (χ4n) is 2.10. The summed E-state index contributed by atoms with van der Waals surface area (Å²) in [5.74, 6) is 0.339. The lowest BCUT2D eigenvalue weighted by Crippen LogP contribution is -2.26. The van der Waals surface area contributed by atoms with E-state index in [2.05, 4.69) is 27.6 Å². The van der Waals surface area contributed by atoms with Gasteiger partial charge in [0.15, 0.2) is 0 Å². The molecule has 3 N–H and O–H groups in total. The number of thiophene rings is 1. The molecule has 0 saturated heterocycles. The van der Waals surface area contributed by atoms with E-state index in [1.165, 1.54) is 17.7 Å². The van der Waals surface area contributed by atoms with Crippen molar-refractivity contribution in [3.05, 3.63) is 22.4 Å². The van der Waals surface area contributed by atoms with Crippen LogP contribution < -0.4 is 5.73 Å². The van der Waals surface area contributed by atoms with E-state index in [1.807, 2.05) is 11.3 Å². The topological polar surface area (TPSA) is 61.8 Å². The maximum atomic E-state index is 8.47. The van der Waals surface area contributed by atoms with E-state index in [9.17, 15) is 0 Å². The van der Waals surface area contributed by atoms with E-state index in [4.69, 9.17) is 10.9 Å². The van der Waals surface area contributed by atoms with Gasteiger partial charge >= 0.3 is 0 Å². The molecular formula is C13H21N3OS. The summed E-state index contributed by atoms with van der Waals surface area (Å²) in [6.45, 7) is 2.19. The second-order valence-corrected chi connectivity index (χ2v) is 5.86. The summed E-state index contributed by atoms with van der Waals surface area (Å²) in [5, 5.41) is 13.6. The molecule has 1 fully saturated rings. The molecule has 4 nitrogen and oxygen atoms in total. The number of hydrogen-bond donors (Lipinski definition) is 2. The standard InChI is InChI=1S/C13H21N3OS/c14-13(15-17)5-1-2-8-16(11-6-7-11)10-12-4-3-9-18-12/h3-4,9,11,17H,1-2,5-8,10H2,(H2,14,15). The van der Waals surface area contributed by atoms with E-state index in [1.54, 1.807) is 0 Å². The lowest BCUT2D eigenvalue weighted by atomic mass is 10.2. The Morgan fingerprint density at radius 2 is 2.33 bits per heavy atom. The first-order valence-corrected chi connectivity index (χ1v) is 7.40. The average Bonchev–Trinajstić information content (AvgIpc) is 3.11. The first kappa shape index (κ1) is 13.4. The van der Waals surface area contributed by atoms with E-state index in [-0.39, 0.29) is 0 Å². The van der Waals surface area contributed by atoms with Crippen molar-refractivity contribution in [2.24, 2.45) is 10.9 Å². The van der Waals surface area contributed by atoms with Crippen LogP contribution in [0.5, 0.6) is 0 Å². The molecule has 0 atom stereocenters. The van der Waals surface area contributed by atoms with Crippen LogP contribution in [0, 0.1) is 0 Å². The van der Waals surface area contributed by atoms with Gasteiger partial charge in [-0.3, -0.25) is 4.90 Å². The van der Waals surface area contributed by atoms with Crippen molar-refractivity contribution < 1.29 is 5.21 Å². The molecule has 0 aliphatic heterocycles. The molecule has 0 amide bonds. The van der Waals surface area contributed by atoms with Crippen molar-refractivity contribution in [3.8, 4) is 0 Å². The molecule has 5 heteroatoms. The fraction of sp³-hybridized carbons (Fsp3) is 0.615. The van der Waals surface area contributed by atoms with Gasteiger partial charge in [-0.1, -0.05) is 11.2 Å². The smallest absolute Gasteiger partial charge is 0.139 e. The van der Waals surface area contributed by atoms with Crippen LogP contribution in [0.25, 0.3) is 0 Å². The highest BCUT2D eigenvalue weighted by Gasteiger charge is 2.28. The first-order valence-electron chi connectivity index (χ1n) is 6.52. The largest absolute Gasteiger partial charge is 0.409 e. The summed E-state index contributed by atoms with van der Waals surface area (Å²) in [4.78, 5) is 4.01. The summed E-state index contributed by atoms with van der Waals surface area (Å²) >= 11 is 1.83. The Morgan fingerprint density at radius 3 is 2.94 bits per heavy atom. The van der Waals surface area contributed by atoms with E-state index >= 15 is 0 Å². The predicted octanol–water partition coefficient (Wildman–Crippen LogP) is 2.63. The van der Waals surface area contributed by atoms with Gasteiger partial charge < -0.3 is 10.9 Å². The monoisotopic (exact) mass is 267 g/mol. The number of nitrogens with two attached hydrogens (primary N) is 1. The Morgan fingerprint density at radius 1 is 1.50 bits per heavy atom. The van der Waals surface area contributed by atoms with Crippen molar-refractivity contribution in [1.29, 1.82) is 0 Å². The predicted molar refractivity (Wildman–Crippen MR) is 75.0 cm³/mol. The molecule has 0 radical (unpaired) electrons. The highest BCUT2D eigenvalue weighted by atomic mass is 32.1. The zero-order valence-corrected chi connectivity index (χ0v) is 11.4. The third kappa shape index (κ3) is 4.31. The van der Waals surface area contributed by atoms with Crippen LogP contribution in [0.4, 0.5) is 0 Å². The molecule has 100 valence electrons. The van der Waals surface area contributed by atoms with Gasteiger partial charge in [0, 0.05) is 23.9 Å². The minimum Gasteiger partial charge on any atom is -0.409 e. The molecule has 1 aromatic rings. The van der Waals surface area contributed by atoms with Crippen LogP contribution >= 0.6 is 11.3 Å². The molecule has 1 aliphatic rings. The number of amidine groups is 1. The minimum absolute atomic E-state index is 0.339. The van der Waals surface area contributed by atoms with Crippen LogP contribution in [0.3, 0.4) is 0 Å². The third-order valence-electron chi connectivity index (χ3n) is 3.26. The zero-order chi connectivity index (χ0) is 12.8. The van der Waals surface area contributed by atoms with Crippen LogP contribution in [0.1, 0.15) is 37.0 Å². The van der Waals surface area contributed by atoms with Crippen molar-refractivity contribution in [2.45, 2.75) is 44.7 Å². The lowest BCUT2D eigenvalue weighted by molar-refractivity contribution is 0.252. The summed E-state index contributed by atoms with van der Waals surface area (Å²) < 4.78 is 0. The van der Waals surface area contributed by atoms with Gasteiger partial charge in [0.2, 0.25) is 0 Å². The fourth-order valence-corrected chi connectivity index (χ4v) is 2.83. The second-order valence-electron chi connectivity index (χ2n) is 4.83. The minimum atomic E-state index is 0.339. The zero-order valence-electron chi connectivity index (χ0n) is 10.6. The second kappa shape index (κ2) is 6.75. The van der Waals surface area contributed by atoms with Crippen LogP contribution in [-0.2, 0) is 6.54 Å². The normalized spacial score (nSPS) is 16.4. The van der Waals surface area contributed by atoms with Crippen molar-refractivity contribution >= 4 is 17.2 Å². The SMILES string of the molecule is NC(CCCCN(Cc1cccs1)C1CC1)=NO. The van der Waals surface area contributed by atoms with Crippen LogP contribution in [0.15, 0.2) is 22.7 Å². The maximum Gasteiger partial charge on any atom is 0.139 e. The Kier molecular flexibility index (Phi) is 5.01. The average molecular weight is 267 g/mol. The van der Waals surface area contributed by atoms with Crippen LogP contribution in [-0.4, -0.2) is 28.5 Å². The van der Waals surface area contributed by atoms with Gasteiger partial charge in [-0.15, -0.1) is 11.3 Å². The molecule has 1 heterocycles. The quantitative estimate of drug-likeness (QED) is 0.250.